The molecule has 0 aliphatic carbocycles. The number of aryl methyl sites for hydroxylation is 1. The molecule has 7 heteroatoms. The highest BCUT2D eigenvalue weighted by atomic mass is 16.5. The first kappa shape index (κ1) is 20.4. The standard InChI is InChI=1S/C22H23NO6/c1-4-28-21(25)15-6-8-17(9-7-15)29-22(26)16-12-20(24)23(13-16)18-11-14(2)5-10-19(18)27-3/h5-11,16H,4,12-13H2,1-3H3/t16-/m0/s1. The Bertz CT molecular complexity index is 921. The van der Waals surface area contributed by atoms with Crippen LogP contribution >= 0.6 is 0 Å². The Morgan fingerprint density at radius 3 is 2.52 bits per heavy atom. The molecule has 0 N–H and O–H groups in total. The average molecular weight is 397 g/mol. The van der Waals surface area contributed by atoms with Crippen LogP contribution in [0.3, 0.4) is 0 Å². The van der Waals surface area contributed by atoms with Crippen molar-refractivity contribution < 1.29 is 28.6 Å². The highest BCUT2D eigenvalue weighted by Crippen LogP contribution is 2.34. The van der Waals surface area contributed by atoms with E-state index in [9.17, 15) is 14.4 Å². The first-order chi connectivity index (χ1) is 13.9. The summed E-state index contributed by atoms with van der Waals surface area (Å²) in [6.45, 7) is 4.16. The number of methoxy groups -OCH3 is 1. The van der Waals surface area contributed by atoms with E-state index < -0.39 is 17.9 Å². The zero-order valence-electron chi connectivity index (χ0n) is 16.6. The monoisotopic (exact) mass is 397 g/mol. The summed E-state index contributed by atoms with van der Waals surface area (Å²) in [6.07, 6.45) is 0.0663. The van der Waals surface area contributed by atoms with Crippen LogP contribution in [-0.4, -0.2) is 38.1 Å². The Kier molecular flexibility index (Phi) is 6.16. The molecule has 0 saturated carbocycles. The molecule has 2 aromatic carbocycles. The molecule has 1 saturated heterocycles. The van der Waals surface area contributed by atoms with Crippen molar-refractivity contribution >= 4 is 23.5 Å². The number of ether oxygens (including phenoxy) is 3. The summed E-state index contributed by atoms with van der Waals surface area (Å²) in [5.41, 5.74) is 2.01. The van der Waals surface area contributed by atoms with Crippen LogP contribution in [0.25, 0.3) is 0 Å². The lowest BCUT2D eigenvalue weighted by Gasteiger charge is -2.20. The molecule has 1 atom stereocenters. The second kappa shape index (κ2) is 8.77. The van der Waals surface area contributed by atoms with Gasteiger partial charge in [0.2, 0.25) is 5.91 Å². The molecule has 152 valence electrons. The number of hydrogen-bond acceptors (Lipinski definition) is 6. The third-order valence-electron chi connectivity index (χ3n) is 4.67. The molecule has 29 heavy (non-hydrogen) atoms. The highest BCUT2D eigenvalue weighted by Gasteiger charge is 2.37. The van der Waals surface area contributed by atoms with Gasteiger partial charge in [0, 0.05) is 13.0 Å². The molecule has 7 nitrogen and oxygen atoms in total. The van der Waals surface area contributed by atoms with Gasteiger partial charge in [0.05, 0.1) is 30.9 Å². The molecule has 0 bridgehead atoms. The van der Waals surface area contributed by atoms with Crippen molar-refractivity contribution in [1.82, 2.24) is 0 Å². The van der Waals surface area contributed by atoms with Gasteiger partial charge in [0.15, 0.2) is 0 Å². The van der Waals surface area contributed by atoms with Gasteiger partial charge in [-0.1, -0.05) is 6.07 Å². The molecule has 0 radical (unpaired) electrons. The molecule has 1 fully saturated rings. The number of carbonyl (C=O) groups excluding carboxylic acids is 3. The van der Waals surface area contributed by atoms with Gasteiger partial charge >= 0.3 is 11.9 Å². The molecule has 2 aromatic rings. The maximum Gasteiger partial charge on any atom is 0.338 e. The van der Waals surface area contributed by atoms with Gasteiger partial charge in [-0.3, -0.25) is 9.59 Å². The van der Waals surface area contributed by atoms with E-state index in [0.29, 0.717) is 22.7 Å². The summed E-state index contributed by atoms with van der Waals surface area (Å²) >= 11 is 0. The number of amides is 1. The molecule has 1 heterocycles. The molecule has 1 aliphatic rings. The smallest absolute Gasteiger partial charge is 0.338 e. The maximum absolute atomic E-state index is 12.6. The zero-order chi connectivity index (χ0) is 21.0. The van der Waals surface area contributed by atoms with Crippen LogP contribution < -0.4 is 14.4 Å². The van der Waals surface area contributed by atoms with Crippen molar-refractivity contribution in [3.8, 4) is 11.5 Å². The van der Waals surface area contributed by atoms with E-state index in [1.807, 2.05) is 19.1 Å². The maximum atomic E-state index is 12.6. The summed E-state index contributed by atoms with van der Waals surface area (Å²) in [7, 11) is 1.54. The second-order valence-electron chi connectivity index (χ2n) is 6.75. The second-order valence-corrected chi connectivity index (χ2v) is 6.75. The Labute approximate surface area is 169 Å². The van der Waals surface area contributed by atoms with Gasteiger partial charge in [-0.15, -0.1) is 0 Å². The number of esters is 2. The summed E-state index contributed by atoms with van der Waals surface area (Å²) in [4.78, 5) is 38.3. The Hall–Kier alpha value is -3.35. The van der Waals surface area contributed by atoms with E-state index in [1.54, 1.807) is 25.0 Å². The van der Waals surface area contributed by atoms with Gasteiger partial charge < -0.3 is 19.1 Å². The first-order valence-corrected chi connectivity index (χ1v) is 9.36. The zero-order valence-corrected chi connectivity index (χ0v) is 16.6. The third-order valence-corrected chi connectivity index (χ3v) is 4.67. The number of rotatable bonds is 6. The van der Waals surface area contributed by atoms with E-state index in [-0.39, 0.29) is 25.5 Å². The van der Waals surface area contributed by atoms with Crippen molar-refractivity contribution in [2.75, 3.05) is 25.2 Å². The quantitative estimate of drug-likeness (QED) is 0.550. The Balaban J connectivity index is 1.68. The predicted molar refractivity (Wildman–Crippen MR) is 106 cm³/mol. The fraction of sp³-hybridized carbons (Fsp3) is 0.318. The number of carbonyl (C=O) groups is 3. The van der Waals surface area contributed by atoms with E-state index in [0.717, 1.165) is 5.56 Å². The fourth-order valence-corrected chi connectivity index (χ4v) is 3.18. The van der Waals surface area contributed by atoms with Crippen molar-refractivity contribution in [1.29, 1.82) is 0 Å². The van der Waals surface area contributed by atoms with Crippen LogP contribution in [0.15, 0.2) is 42.5 Å². The van der Waals surface area contributed by atoms with Crippen LogP contribution in [0.4, 0.5) is 5.69 Å². The first-order valence-electron chi connectivity index (χ1n) is 9.36. The Morgan fingerprint density at radius 1 is 1.14 bits per heavy atom. The molecular formula is C22H23NO6. The molecule has 3 rings (SSSR count). The lowest BCUT2D eigenvalue weighted by molar-refractivity contribution is -0.139. The fourth-order valence-electron chi connectivity index (χ4n) is 3.18. The summed E-state index contributed by atoms with van der Waals surface area (Å²) in [5, 5.41) is 0. The minimum absolute atomic E-state index is 0.0663. The predicted octanol–water partition coefficient (Wildman–Crippen LogP) is 3.14. The van der Waals surface area contributed by atoms with Crippen LogP contribution in [0.1, 0.15) is 29.3 Å². The van der Waals surface area contributed by atoms with Crippen LogP contribution in [0.2, 0.25) is 0 Å². The summed E-state index contributed by atoms with van der Waals surface area (Å²) in [5.74, 6) is -0.786. The average Bonchev–Trinajstić information content (AvgIpc) is 3.10. The van der Waals surface area contributed by atoms with E-state index in [1.165, 1.54) is 24.3 Å². The van der Waals surface area contributed by atoms with E-state index in [2.05, 4.69) is 0 Å². The van der Waals surface area contributed by atoms with Gasteiger partial charge in [-0.2, -0.15) is 0 Å². The van der Waals surface area contributed by atoms with Crippen molar-refractivity contribution in [2.45, 2.75) is 20.3 Å². The van der Waals surface area contributed by atoms with E-state index >= 15 is 0 Å². The van der Waals surface area contributed by atoms with Gasteiger partial charge in [-0.05, 0) is 55.8 Å². The number of anilines is 1. The molecule has 0 spiro atoms. The molecule has 1 aliphatic heterocycles. The minimum Gasteiger partial charge on any atom is -0.495 e. The largest absolute Gasteiger partial charge is 0.495 e. The van der Waals surface area contributed by atoms with Gasteiger partial charge in [0.25, 0.3) is 0 Å². The Morgan fingerprint density at radius 2 is 1.86 bits per heavy atom. The lowest BCUT2D eigenvalue weighted by atomic mass is 10.1. The van der Waals surface area contributed by atoms with Crippen LogP contribution in [0, 0.1) is 12.8 Å². The van der Waals surface area contributed by atoms with Crippen LogP contribution in [0.5, 0.6) is 11.5 Å². The summed E-state index contributed by atoms with van der Waals surface area (Å²) in [6, 6.07) is 11.7. The van der Waals surface area contributed by atoms with Crippen molar-refractivity contribution in [3.05, 3.63) is 53.6 Å². The molecule has 1 amide bonds. The summed E-state index contributed by atoms with van der Waals surface area (Å²) < 4.78 is 15.7. The normalized spacial score (nSPS) is 15.9. The topological polar surface area (TPSA) is 82.1 Å². The van der Waals surface area contributed by atoms with Crippen molar-refractivity contribution in [2.24, 2.45) is 5.92 Å². The lowest BCUT2D eigenvalue weighted by Crippen LogP contribution is -2.27. The highest BCUT2D eigenvalue weighted by molar-refractivity contribution is 6.01. The number of benzene rings is 2. The molecule has 0 unspecified atom stereocenters. The van der Waals surface area contributed by atoms with E-state index in [4.69, 9.17) is 14.2 Å². The van der Waals surface area contributed by atoms with Crippen LogP contribution in [-0.2, 0) is 14.3 Å². The van der Waals surface area contributed by atoms with Gasteiger partial charge in [-0.25, -0.2) is 4.79 Å². The molecular weight excluding hydrogens is 374 g/mol. The molecule has 0 aromatic heterocycles. The number of hydrogen-bond donors (Lipinski definition) is 0. The third kappa shape index (κ3) is 4.56. The SMILES string of the molecule is CCOC(=O)c1ccc(OC(=O)[C@H]2CC(=O)N(c3cc(C)ccc3OC)C2)cc1. The van der Waals surface area contributed by atoms with Crippen molar-refractivity contribution in [3.63, 3.8) is 0 Å². The number of nitrogens with zero attached hydrogens (tertiary/aromatic N) is 1. The minimum atomic E-state index is -0.586. The van der Waals surface area contributed by atoms with Gasteiger partial charge in [0.1, 0.15) is 11.5 Å².